The molecule has 2 aliphatic rings. The summed E-state index contributed by atoms with van der Waals surface area (Å²) in [6, 6.07) is 23.4. The topological polar surface area (TPSA) is 86.7 Å². The number of aromatic nitrogens is 2. The van der Waals surface area contributed by atoms with E-state index in [1.54, 1.807) is 23.1 Å². The van der Waals surface area contributed by atoms with Crippen molar-refractivity contribution < 1.29 is 13.2 Å². The largest absolute Gasteiger partial charge is 0.352 e. The van der Waals surface area contributed by atoms with Gasteiger partial charge in [-0.2, -0.15) is 4.31 Å². The molecule has 0 aliphatic carbocycles. The molecule has 1 unspecified atom stereocenters. The third kappa shape index (κ3) is 4.21. The Labute approximate surface area is 222 Å². The van der Waals surface area contributed by atoms with Crippen molar-refractivity contribution in [2.75, 3.05) is 36.0 Å². The Morgan fingerprint density at radius 3 is 2.39 bits per heavy atom. The van der Waals surface area contributed by atoms with Crippen molar-refractivity contribution in [2.24, 2.45) is 0 Å². The molecule has 8 nitrogen and oxygen atoms in total. The van der Waals surface area contributed by atoms with Crippen molar-refractivity contribution in [3.05, 3.63) is 78.4 Å². The minimum Gasteiger partial charge on any atom is -0.352 e. The molecule has 0 N–H and O–H groups in total. The minimum atomic E-state index is -3.64. The summed E-state index contributed by atoms with van der Waals surface area (Å²) in [5, 5.41) is 11.3. The van der Waals surface area contributed by atoms with E-state index in [0.29, 0.717) is 32.6 Å². The quantitative estimate of drug-likeness (QED) is 0.397. The maximum atomic E-state index is 13.4. The van der Waals surface area contributed by atoms with E-state index in [-0.39, 0.29) is 16.8 Å². The first-order valence-corrected chi connectivity index (χ1v) is 14.3. The van der Waals surface area contributed by atoms with Gasteiger partial charge >= 0.3 is 0 Å². The van der Waals surface area contributed by atoms with Gasteiger partial charge in [-0.25, -0.2) is 8.42 Å². The third-order valence-corrected chi connectivity index (χ3v) is 9.42. The molecule has 3 aromatic carbocycles. The molecule has 0 bridgehead atoms. The van der Waals surface area contributed by atoms with Gasteiger partial charge in [0, 0.05) is 50.4 Å². The van der Waals surface area contributed by atoms with Gasteiger partial charge in [0.2, 0.25) is 15.9 Å². The fraction of sp³-hybridized carbons (Fsp3) is 0.276. The number of amides is 1. The van der Waals surface area contributed by atoms with Crippen LogP contribution < -0.4 is 9.80 Å². The van der Waals surface area contributed by atoms with Crippen LogP contribution in [0.1, 0.15) is 19.4 Å². The van der Waals surface area contributed by atoms with E-state index in [4.69, 9.17) is 0 Å². The van der Waals surface area contributed by atoms with E-state index in [1.165, 1.54) is 11.2 Å². The van der Waals surface area contributed by atoms with Crippen LogP contribution in [0.15, 0.2) is 77.7 Å². The molecular formula is C29H29N5O3S. The summed E-state index contributed by atoms with van der Waals surface area (Å²) in [7, 11) is -3.64. The summed E-state index contributed by atoms with van der Waals surface area (Å²) < 4.78 is 28.4. The van der Waals surface area contributed by atoms with Crippen LogP contribution in [-0.2, 0) is 21.2 Å². The van der Waals surface area contributed by atoms with Crippen molar-refractivity contribution >= 4 is 38.2 Å². The van der Waals surface area contributed by atoms with Gasteiger partial charge in [-0.05, 0) is 60.0 Å². The predicted octanol–water partition coefficient (Wildman–Crippen LogP) is 4.11. The average Bonchev–Trinajstić information content (AvgIpc) is 3.28. The van der Waals surface area contributed by atoms with Crippen molar-refractivity contribution in [1.82, 2.24) is 14.5 Å². The molecule has 6 rings (SSSR count). The SMILES string of the molecule is CC(=O)N1c2ccc(S(=O)(=O)N3CCN(c4ccc(-c5cccc6ccccc56)nn4)CC3)cc2CC1C. The molecule has 0 radical (unpaired) electrons. The smallest absolute Gasteiger partial charge is 0.243 e. The van der Waals surface area contributed by atoms with Crippen LogP contribution in [0.25, 0.3) is 22.0 Å². The molecule has 1 fully saturated rings. The molecule has 4 aromatic rings. The van der Waals surface area contributed by atoms with Gasteiger partial charge in [-0.1, -0.05) is 42.5 Å². The van der Waals surface area contributed by atoms with Crippen LogP contribution in [0, 0.1) is 0 Å². The Bertz CT molecular complexity index is 1620. The van der Waals surface area contributed by atoms with E-state index in [2.05, 4.69) is 33.3 Å². The molecule has 3 heterocycles. The monoisotopic (exact) mass is 527 g/mol. The Morgan fingerprint density at radius 1 is 0.895 bits per heavy atom. The number of fused-ring (bicyclic) bond motifs is 2. The molecule has 0 spiro atoms. The van der Waals surface area contributed by atoms with Gasteiger partial charge in [-0.3, -0.25) is 4.79 Å². The molecular weight excluding hydrogens is 498 g/mol. The van der Waals surface area contributed by atoms with E-state index in [0.717, 1.165) is 39.1 Å². The number of hydrogen-bond donors (Lipinski definition) is 0. The lowest BCUT2D eigenvalue weighted by Gasteiger charge is -2.34. The first-order valence-electron chi connectivity index (χ1n) is 12.8. The number of carbonyl (C=O) groups is 1. The normalized spacial score (nSPS) is 18.1. The zero-order valence-corrected chi connectivity index (χ0v) is 22.2. The van der Waals surface area contributed by atoms with E-state index < -0.39 is 10.0 Å². The predicted molar refractivity (Wildman–Crippen MR) is 149 cm³/mol. The number of hydrogen-bond acceptors (Lipinski definition) is 6. The third-order valence-electron chi connectivity index (χ3n) is 7.52. The van der Waals surface area contributed by atoms with Gasteiger partial charge in [0.25, 0.3) is 0 Å². The molecule has 1 saturated heterocycles. The summed E-state index contributed by atoms with van der Waals surface area (Å²) in [5.41, 5.74) is 3.54. The first kappa shape index (κ1) is 24.5. The van der Waals surface area contributed by atoms with Gasteiger partial charge < -0.3 is 9.80 Å². The second-order valence-corrected chi connectivity index (χ2v) is 11.9. The number of sulfonamides is 1. The van der Waals surface area contributed by atoms with E-state index in [9.17, 15) is 13.2 Å². The number of carbonyl (C=O) groups excluding carboxylic acids is 1. The lowest BCUT2D eigenvalue weighted by molar-refractivity contribution is -0.116. The second-order valence-electron chi connectivity index (χ2n) is 9.93. The van der Waals surface area contributed by atoms with Gasteiger partial charge in [-0.15, -0.1) is 10.2 Å². The van der Waals surface area contributed by atoms with Crippen molar-refractivity contribution in [3.63, 3.8) is 0 Å². The fourth-order valence-corrected chi connectivity index (χ4v) is 7.11. The zero-order chi connectivity index (χ0) is 26.4. The zero-order valence-electron chi connectivity index (χ0n) is 21.4. The highest BCUT2D eigenvalue weighted by Crippen LogP contribution is 2.35. The highest BCUT2D eigenvalue weighted by molar-refractivity contribution is 7.89. The summed E-state index contributed by atoms with van der Waals surface area (Å²) in [5.74, 6) is 0.707. The van der Waals surface area contributed by atoms with Crippen LogP contribution in [0.2, 0.25) is 0 Å². The number of piperazine rings is 1. The van der Waals surface area contributed by atoms with Crippen molar-refractivity contribution in [3.8, 4) is 11.3 Å². The fourth-order valence-electron chi connectivity index (χ4n) is 5.64. The Kier molecular flexibility index (Phi) is 6.12. The Balaban J connectivity index is 1.16. The highest BCUT2D eigenvalue weighted by Gasteiger charge is 2.33. The molecule has 38 heavy (non-hydrogen) atoms. The van der Waals surface area contributed by atoms with E-state index in [1.807, 2.05) is 43.3 Å². The summed E-state index contributed by atoms with van der Waals surface area (Å²) >= 11 is 0. The van der Waals surface area contributed by atoms with Crippen LogP contribution in [-0.4, -0.2) is 61.0 Å². The van der Waals surface area contributed by atoms with Gasteiger partial charge in [0.1, 0.15) is 0 Å². The highest BCUT2D eigenvalue weighted by atomic mass is 32.2. The first-order chi connectivity index (χ1) is 18.3. The number of anilines is 2. The van der Waals surface area contributed by atoms with Crippen LogP contribution in [0.4, 0.5) is 11.5 Å². The second kappa shape index (κ2) is 9.49. The lowest BCUT2D eigenvalue weighted by atomic mass is 10.0. The molecule has 194 valence electrons. The van der Waals surface area contributed by atoms with Crippen molar-refractivity contribution in [1.29, 1.82) is 0 Å². The van der Waals surface area contributed by atoms with Crippen LogP contribution in [0.5, 0.6) is 0 Å². The lowest BCUT2D eigenvalue weighted by Crippen LogP contribution is -2.49. The summed E-state index contributed by atoms with van der Waals surface area (Å²) in [6.07, 6.45) is 0.652. The van der Waals surface area contributed by atoms with Gasteiger partial charge in [0.15, 0.2) is 5.82 Å². The molecule has 2 aliphatic heterocycles. The molecule has 1 atom stereocenters. The van der Waals surface area contributed by atoms with Crippen LogP contribution in [0.3, 0.4) is 0 Å². The number of nitrogens with zero attached hydrogens (tertiary/aromatic N) is 5. The Morgan fingerprint density at radius 2 is 1.66 bits per heavy atom. The van der Waals surface area contributed by atoms with Gasteiger partial charge in [0.05, 0.1) is 10.6 Å². The molecule has 1 amide bonds. The van der Waals surface area contributed by atoms with Crippen LogP contribution >= 0.6 is 0 Å². The average molecular weight is 528 g/mol. The Hall–Kier alpha value is -3.82. The standard InChI is InChI=1S/C29H29N5O3S/c1-20-18-23-19-24(10-12-28(23)34(20)21(2)35)38(36,37)33-16-14-32(15-17-33)29-13-11-27(30-31-29)26-9-5-7-22-6-3-4-8-25(22)26/h3-13,19-20H,14-18H2,1-2H3. The maximum Gasteiger partial charge on any atom is 0.243 e. The molecule has 1 aromatic heterocycles. The minimum absolute atomic E-state index is 0.0251. The van der Waals surface area contributed by atoms with Crippen molar-refractivity contribution in [2.45, 2.75) is 31.2 Å². The number of benzene rings is 3. The molecule has 0 saturated carbocycles. The summed E-state index contributed by atoms with van der Waals surface area (Å²) in [6.45, 7) is 5.30. The molecule has 9 heteroatoms. The maximum absolute atomic E-state index is 13.4. The summed E-state index contributed by atoms with van der Waals surface area (Å²) in [4.78, 5) is 16.1. The number of rotatable bonds is 4. The van der Waals surface area contributed by atoms with E-state index >= 15 is 0 Å².